The molecule has 0 saturated carbocycles. The number of rotatable bonds is 18. The fourth-order valence-electron chi connectivity index (χ4n) is 8.76. The second-order valence-electron chi connectivity index (χ2n) is 23.7. The van der Waals surface area contributed by atoms with Crippen LogP contribution in [-0.2, 0) is 9.47 Å². The first-order valence-electron chi connectivity index (χ1n) is 30.6. The minimum atomic E-state index is -0.894. The summed E-state index contributed by atoms with van der Waals surface area (Å²) >= 11 is 9.51. The van der Waals surface area contributed by atoms with Gasteiger partial charge in [0.1, 0.15) is 28.7 Å². The number of likely N-dealkylation sites (N-methyl/N-ethyl adjacent to an activating group) is 3. The van der Waals surface area contributed by atoms with Crippen molar-refractivity contribution in [3.05, 3.63) is 175 Å². The predicted octanol–water partition coefficient (Wildman–Crippen LogP) is 12.0. The average Bonchev–Trinajstić information content (AvgIpc) is 1.67. The van der Waals surface area contributed by atoms with Crippen LogP contribution in [0.2, 0.25) is 0 Å². The number of anilines is 7. The molecule has 8 aromatic heterocycles. The number of fused-ring (bicyclic) bond motifs is 3. The molecule has 11 rings (SSSR count). The molecule has 11 aromatic rings. The van der Waals surface area contributed by atoms with Crippen molar-refractivity contribution in [1.29, 1.82) is 0 Å². The molecular weight excluding hydrogens is 1560 g/mol. The van der Waals surface area contributed by atoms with Crippen LogP contribution in [0.15, 0.2) is 137 Å². The second-order valence-corrected chi connectivity index (χ2v) is 26.5. The van der Waals surface area contributed by atoms with Gasteiger partial charge in [0.15, 0.2) is 34.4 Å². The Morgan fingerprint density at radius 1 is 0.592 bits per heavy atom. The number of hydrazine groups is 1. The zero-order valence-corrected chi connectivity index (χ0v) is 61.0. The van der Waals surface area contributed by atoms with E-state index in [4.69, 9.17) is 24.0 Å². The predicted molar refractivity (Wildman–Crippen MR) is 380 cm³/mol. The van der Waals surface area contributed by atoms with E-state index in [1.807, 2.05) is 27.8 Å². The van der Waals surface area contributed by atoms with E-state index in [0.29, 0.717) is 39.6 Å². The minimum Gasteiger partial charge on any atom is -0.444 e. The van der Waals surface area contributed by atoms with Crippen LogP contribution in [-0.4, -0.2) is 154 Å². The first-order chi connectivity index (χ1) is 48.8. The molecule has 0 aliphatic carbocycles. The number of nitrogens with two attached hydrogens (primary N) is 1. The Bertz CT molecular complexity index is 4880. The van der Waals surface area contributed by atoms with Crippen LogP contribution in [0.25, 0.3) is 39.8 Å². The molecule has 5 amide bonds. The fourth-order valence-corrected chi connectivity index (χ4v) is 9.76. The molecule has 11 N–H and O–H groups in total. The van der Waals surface area contributed by atoms with Crippen LogP contribution in [0.1, 0.15) is 51.9 Å². The first kappa shape index (κ1) is 78.0. The Morgan fingerprint density at radius 2 is 1.04 bits per heavy atom. The Balaban J connectivity index is 0.000000184. The lowest BCUT2D eigenvalue weighted by Gasteiger charge is -2.24. The van der Waals surface area contributed by atoms with Crippen molar-refractivity contribution in [2.24, 2.45) is 5.73 Å². The number of ether oxygens (including phenoxy) is 2. The topological polar surface area (TPSA) is 365 Å². The number of nitrogens with one attached hydrogen (secondary N) is 9. The van der Waals surface area contributed by atoms with Crippen molar-refractivity contribution in [3.63, 3.8) is 0 Å². The largest absolute Gasteiger partial charge is 0.444 e. The van der Waals surface area contributed by atoms with Gasteiger partial charge >= 0.3 is 30.0 Å². The van der Waals surface area contributed by atoms with Gasteiger partial charge in [-0.2, -0.15) is 0 Å². The molecule has 3 aromatic carbocycles. The van der Waals surface area contributed by atoms with Gasteiger partial charge in [-0.1, -0.05) is 52.9 Å². The van der Waals surface area contributed by atoms with E-state index >= 15 is 8.78 Å². The Morgan fingerprint density at radius 3 is 1.48 bits per heavy atom. The third-order valence-corrected chi connectivity index (χ3v) is 15.0. The molecule has 0 aliphatic heterocycles. The number of halogens is 9. The number of imidazole rings is 3. The van der Waals surface area contributed by atoms with Crippen molar-refractivity contribution in [2.75, 3.05) is 81.7 Å². The highest BCUT2D eigenvalue weighted by Gasteiger charge is 2.27. The summed E-state index contributed by atoms with van der Waals surface area (Å²) in [5, 5.41) is 30.2. The third kappa shape index (κ3) is 21.2. The molecular formula is C64H68Br3F6N21O9. The fraction of sp³-hybridized carbons (Fsp3) is 0.266. The van der Waals surface area contributed by atoms with E-state index in [1.165, 1.54) is 110 Å². The zero-order chi connectivity index (χ0) is 75.0. The number of nitrogens with zero attached hydrogens (tertiary/aromatic N) is 11. The minimum absolute atomic E-state index is 0.0182. The van der Waals surface area contributed by atoms with Gasteiger partial charge < -0.3 is 78.9 Å². The maximum atomic E-state index is 15.2. The van der Waals surface area contributed by atoms with Gasteiger partial charge in [-0.25, -0.2) is 71.0 Å². The number of hydrogen-bond acceptors (Lipinski definition) is 21. The van der Waals surface area contributed by atoms with Gasteiger partial charge in [0.2, 0.25) is 0 Å². The highest BCUT2D eigenvalue weighted by molar-refractivity contribution is 9.11. The molecule has 0 atom stereocenters. The molecule has 8 heterocycles. The van der Waals surface area contributed by atoms with Gasteiger partial charge in [-0.15, -0.1) is 10.2 Å². The summed E-state index contributed by atoms with van der Waals surface area (Å²) in [5.41, 5.74) is 8.31. The molecule has 0 aliphatic rings. The second kappa shape index (κ2) is 34.7. The highest BCUT2D eigenvalue weighted by Crippen LogP contribution is 2.37. The summed E-state index contributed by atoms with van der Waals surface area (Å²) in [5.74, 6) is -5.86. The SMILES string of the molecule is CN(CCN)C(=O)OC(C)(C)C.CN(CCNC(=O)NNC(=O)c1cn2ccnc2c(F)c1Nc1ccc(Br)cc1F)C(=O)OC(C)(C)C.CNCCNc1nnc(-c2cn3ccnc3c(F)c2Nc2ccc(Br)cc2F)o1.O=c1[nH]nc(-c2cn3ccnc3c(F)c2Nc2ccc(Br)cc2F)o1. The van der Waals surface area contributed by atoms with Crippen molar-refractivity contribution < 1.29 is 63.8 Å². The molecule has 0 radical (unpaired) electrons. The summed E-state index contributed by atoms with van der Waals surface area (Å²) in [6.07, 6.45) is 12.2. The van der Waals surface area contributed by atoms with Crippen molar-refractivity contribution in [3.8, 4) is 22.9 Å². The van der Waals surface area contributed by atoms with E-state index in [0.717, 1.165) is 0 Å². The maximum Gasteiger partial charge on any atom is 0.434 e. The number of aromatic nitrogens is 10. The molecule has 0 fully saturated rings. The standard InChI is InChI=1S/C23H26BrF2N7O4.C18H16BrF2N7O.C15H8BrF2N5O2.C8H18N2O2/c1-23(2,3)37-22(36)32(4)9-7-28-21(35)31-30-20(34)14-12-33-10-8-27-19(33)17(26)18(14)29-16-6-5-13(24)11-15(16)25;1-22-4-5-24-18-27-26-17(29-18)11-9-28-7-6-23-16(28)14(21)15(11)25-13-3-2-10(19)8-12(13)20;16-7-1-2-10(9(17)5-7)20-12-8(14-21-22-15(24)25-14)6-23-4-3-19-13(23)11(12)18;1-8(2,3)12-7(11)10(4)6-5-9/h5-6,8,10-12,29H,7,9H2,1-4H3,(H,30,34)(H2,28,31,35);2-3,6-9,22,25H,4-5H2,1H3,(H,24,27);1-6,20H,(H,22,24);5-6,9H2,1-4H3. The molecule has 30 nitrogen and oxygen atoms in total. The molecule has 546 valence electrons. The number of pyridine rings is 3. The summed E-state index contributed by atoms with van der Waals surface area (Å²) in [7, 11) is 5.00. The number of aromatic amines is 1. The molecule has 0 saturated heterocycles. The summed E-state index contributed by atoms with van der Waals surface area (Å²) in [4.78, 5) is 74.0. The number of amides is 5. The van der Waals surface area contributed by atoms with E-state index in [9.17, 15) is 41.5 Å². The van der Waals surface area contributed by atoms with Gasteiger partial charge in [0.05, 0.1) is 50.8 Å². The Hall–Kier alpha value is -10.8. The number of benzene rings is 3. The van der Waals surface area contributed by atoms with Crippen molar-refractivity contribution in [2.45, 2.75) is 52.7 Å². The Kier molecular flexibility index (Phi) is 26.3. The smallest absolute Gasteiger partial charge is 0.434 e. The average molecular weight is 1630 g/mol. The van der Waals surface area contributed by atoms with Crippen LogP contribution in [0.5, 0.6) is 0 Å². The molecule has 0 spiro atoms. The summed E-state index contributed by atoms with van der Waals surface area (Å²) in [6, 6.07) is 12.2. The maximum absolute atomic E-state index is 15.2. The van der Waals surface area contributed by atoms with Crippen LogP contribution in [0.4, 0.5) is 80.9 Å². The van der Waals surface area contributed by atoms with Gasteiger partial charge in [-0.3, -0.25) is 10.2 Å². The number of carbonyl (C=O) groups excluding carboxylic acids is 4. The van der Waals surface area contributed by atoms with Crippen LogP contribution < -0.4 is 54.2 Å². The monoisotopic (exact) mass is 1630 g/mol. The van der Waals surface area contributed by atoms with E-state index < -0.39 is 69.9 Å². The first-order valence-corrected chi connectivity index (χ1v) is 33.0. The third-order valence-electron chi connectivity index (χ3n) is 13.6. The van der Waals surface area contributed by atoms with Gasteiger partial charge in [0.25, 0.3) is 17.7 Å². The van der Waals surface area contributed by atoms with Crippen LogP contribution in [0, 0.1) is 34.9 Å². The lowest BCUT2D eigenvalue weighted by Crippen LogP contribution is -2.48. The lowest BCUT2D eigenvalue weighted by molar-refractivity contribution is 0.0292. The highest BCUT2D eigenvalue weighted by atomic mass is 79.9. The molecule has 39 heteroatoms. The van der Waals surface area contributed by atoms with Gasteiger partial charge in [0, 0.05) is 123 Å². The number of hydrogen-bond donors (Lipinski definition) is 10. The number of H-pyrrole nitrogens is 1. The van der Waals surface area contributed by atoms with E-state index in [-0.39, 0.29) is 105 Å². The lowest BCUT2D eigenvalue weighted by atomic mass is 10.2. The van der Waals surface area contributed by atoms with Gasteiger partial charge in [-0.05, 0) is 103 Å². The molecule has 0 unspecified atom stereocenters. The number of urea groups is 1. The normalized spacial score (nSPS) is 11.1. The van der Waals surface area contributed by atoms with E-state index in [2.05, 4.69) is 126 Å². The quantitative estimate of drug-likeness (QED) is 0.0217. The summed E-state index contributed by atoms with van der Waals surface area (Å²) in [6.45, 7) is 13.2. The Labute approximate surface area is 607 Å². The molecule has 0 bridgehead atoms. The molecule has 103 heavy (non-hydrogen) atoms. The van der Waals surface area contributed by atoms with Crippen LogP contribution >= 0.6 is 47.8 Å². The number of carbonyl (C=O) groups is 4. The van der Waals surface area contributed by atoms with Crippen LogP contribution in [0.3, 0.4) is 0 Å². The van der Waals surface area contributed by atoms with Crippen molar-refractivity contribution in [1.82, 2.24) is 79.8 Å². The van der Waals surface area contributed by atoms with E-state index in [1.54, 1.807) is 58.4 Å². The summed E-state index contributed by atoms with van der Waals surface area (Å²) < 4.78 is 115. The zero-order valence-electron chi connectivity index (χ0n) is 56.2. The van der Waals surface area contributed by atoms with Crippen molar-refractivity contribution >= 4 is 129 Å².